The molecule has 2 aromatic rings. The third kappa shape index (κ3) is 3.74. The number of rotatable bonds is 4. The molecule has 1 amide bonds. The van der Waals surface area contributed by atoms with Gasteiger partial charge in [-0.15, -0.1) is 12.4 Å². The van der Waals surface area contributed by atoms with E-state index in [1.54, 1.807) is 0 Å². The van der Waals surface area contributed by atoms with Gasteiger partial charge in [0.25, 0.3) is 0 Å². The fraction of sp³-hybridized carbons (Fsp3) is 0.412. The molecule has 0 saturated carbocycles. The monoisotopic (exact) mass is 334 g/mol. The predicted octanol–water partition coefficient (Wildman–Crippen LogP) is 2.70. The molecule has 0 aliphatic carbocycles. The zero-order valence-electron chi connectivity index (χ0n) is 13.7. The molecule has 6 heteroatoms. The number of anilines is 1. The van der Waals surface area contributed by atoms with Crippen LogP contribution in [0.1, 0.15) is 18.3 Å². The lowest BCUT2D eigenvalue weighted by Gasteiger charge is -2.31. The second kappa shape index (κ2) is 7.15. The van der Waals surface area contributed by atoms with Crippen molar-refractivity contribution in [1.82, 2.24) is 15.1 Å². The van der Waals surface area contributed by atoms with Crippen molar-refractivity contribution >= 4 is 24.0 Å². The maximum Gasteiger partial charge on any atom is 0.227 e. The Morgan fingerprint density at radius 2 is 2.09 bits per heavy atom. The Labute approximate surface area is 142 Å². The molecule has 5 nitrogen and oxygen atoms in total. The molecule has 1 aromatic heterocycles. The van der Waals surface area contributed by atoms with Gasteiger partial charge in [0.05, 0.1) is 11.4 Å². The van der Waals surface area contributed by atoms with Crippen molar-refractivity contribution in [2.24, 2.45) is 11.8 Å². The van der Waals surface area contributed by atoms with Crippen LogP contribution in [0.4, 0.5) is 5.69 Å². The molecule has 23 heavy (non-hydrogen) atoms. The van der Waals surface area contributed by atoms with Crippen LogP contribution < -0.4 is 10.6 Å². The highest BCUT2D eigenvalue weighted by atomic mass is 35.5. The Bertz CT molecular complexity index is 694. The van der Waals surface area contributed by atoms with Crippen molar-refractivity contribution in [1.29, 1.82) is 0 Å². The van der Waals surface area contributed by atoms with Gasteiger partial charge in [0, 0.05) is 17.3 Å². The summed E-state index contributed by atoms with van der Waals surface area (Å²) in [5, 5.41) is 10.7. The van der Waals surface area contributed by atoms with Gasteiger partial charge in [-0.2, -0.15) is 5.10 Å². The minimum atomic E-state index is 0. The first kappa shape index (κ1) is 17.5. The standard InChI is InChI=1S/C17H22N4O.ClH/c1-11-7-12(2)21(20-11)16-6-4-5-15(8-16)19-17(22)13(3)14-9-18-10-14;/h4-8,13-14,18H,9-10H2,1-3H3,(H,19,22);1H. The molecule has 0 bridgehead atoms. The number of hydrogen-bond donors (Lipinski definition) is 2. The average Bonchev–Trinajstić information content (AvgIpc) is 2.76. The number of aryl methyl sites for hydroxylation is 2. The molecule has 1 aliphatic heterocycles. The highest BCUT2D eigenvalue weighted by Crippen LogP contribution is 2.20. The van der Waals surface area contributed by atoms with E-state index in [4.69, 9.17) is 0 Å². The number of aromatic nitrogens is 2. The quantitative estimate of drug-likeness (QED) is 0.903. The summed E-state index contributed by atoms with van der Waals surface area (Å²) in [6.07, 6.45) is 0. The Hall–Kier alpha value is -1.85. The van der Waals surface area contributed by atoms with Crippen molar-refractivity contribution in [2.45, 2.75) is 20.8 Å². The van der Waals surface area contributed by atoms with Crippen LogP contribution in [-0.4, -0.2) is 28.8 Å². The second-order valence-electron chi connectivity index (χ2n) is 6.09. The maximum atomic E-state index is 12.3. The maximum absolute atomic E-state index is 12.3. The predicted molar refractivity (Wildman–Crippen MR) is 94.4 cm³/mol. The number of carbonyl (C=O) groups is 1. The zero-order chi connectivity index (χ0) is 15.7. The van der Waals surface area contributed by atoms with E-state index in [-0.39, 0.29) is 24.2 Å². The smallest absolute Gasteiger partial charge is 0.227 e. The Balaban J connectivity index is 0.00000192. The fourth-order valence-corrected chi connectivity index (χ4v) is 2.74. The summed E-state index contributed by atoms with van der Waals surface area (Å²) < 4.78 is 1.89. The minimum Gasteiger partial charge on any atom is -0.326 e. The molecule has 2 heterocycles. The van der Waals surface area contributed by atoms with Crippen molar-refractivity contribution < 1.29 is 4.79 Å². The van der Waals surface area contributed by atoms with Crippen molar-refractivity contribution in [3.8, 4) is 5.69 Å². The lowest BCUT2D eigenvalue weighted by atomic mass is 9.88. The molecule has 3 rings (SSSR count). The lowest BCUT2D eigenvalue weighted by molar-refractivity contribution is -0.121. The first-order valence-corrected chi connectivity index (χ1v) is 7.70. The van der Waals surface area contributed by atoms with E-state index in [9.17, 15) is 4.79 Å². The van der Waals surface area contributed by atoms with Gasteiger partial charge in [-0.1, -0.05) is 13.0 Å². The number of carbonyl (C=O) groups excluding carboxylic acids is 1. The van der Waals surface area contributed by atoms with Gasteiger partial charge >= 0.3 is 0 Å². The van der Waals surface area contributed by atoms with Crippen LogP contribution in [-0.2, 0) is 4.79 Å². The largest absolute Gasteiger partial charge is 0.326 e. The van der Waals surface area contributed by atoms with E-state index >= 15 is 0 Å². The van der Waals surface area contributed by atoms with Crippen LogP contribution >= 0.6 is 12.4 Å². The van der Waals surface area contributed by atoms with Gasteiger partial charge < -0.3 is 10.6 Å². The van der Waals surface area contributed by atoms with Crippen LogP contribution in [0.15, 0.2) is 30.3 Å². The van der Waals surface area contributed by atoms with Crippen LogP contribution in [0.5, 0.6) is 0 Å². The molecule has 1 unspecified atom stereocenters. The summed E-state index contributed by atoms with van der Waals surface area (Å²) in [7, 11) is 0. The van der Waals surface area contributed by atoms with Gasteiger partial charge in [0.2, 0.25) is 5.91 Å². The lowest BCUT2D eigenvalue weighted by Crippen LogP contribution is -2.48. The van der Waals surface area contributed by atoms with Gasteiger partial charge in [-0.05, 0) is 57.1 Å². The zero-order valence-corrected chi connectivity index (χ0v) is 14.5. The van der Waals surface area contributed by atoms with Crippen LogP contribution in [0.3, 0.4) is 0 Å². The molecule has 1 fully saturated rings. The number of nitrogens with one attached hydrogen (secondary N) is 2. The highest BCUT2D eigenvalue weighted by molar-refractivity contribution is 5.92. The minimum absolute atomic E-state index is 0. The molecule has 1 aliphatic rings. The number of amides is 1. The van der Waals surface area contributed by atoms with Crippen LogP contribution in [0.2, 0.25) is 0 Å². The Morgan fingerprint density at radius 3 is 2.65 bits per heavy atom. The van der Waals surface area contributed by atoms with Gasteiger partial charge in [0.15, 0.2) is 0 Å². The van der Waals surface area contributed by atoms with E-state index in [0.29, 0.717) is 5.92 Å². The molecular weight excluding hydrogens is 312 g/mol. The molecule has 124 valence electrons. The molecule has 1 aromatic carbocycles. The second-order valence-corrected chi connectivity index (χ2v) is 6.09. The van der Waals surface area contributed by atoms with Crippen LogP contribution in [0, 0.1) is 25.7 Å². The summed E-state index contributed by atoms with van der Waals surface area (Å²) in [5.74, 6) is 0.551. The van der Waals surface area contributed by atoms with E-state index < -0.39 is 0 Å². The highest BCUT2D eigenvalue weighted by Gasteiger charge is 2.28. The van der Waals surface area contributed by atoms with E-state index in [1.807, 2.05) is 55.8 Å². The van der Waals surface area contributed by atoms with Crippen molar-refractivity contribution in [2.75, 3.05) is 18.4 Å². The number of nitrogens with zero attached hydrogens (tertiary/aromatic N) is 2. The summed E-state index contributed by atoms with van der Waals surface area (Å²) in [4.78, 5) is 12.3. The SMILES string of the molecule is Cc1cc(C)n(-c2cccc(NC(=O)C(C)C3CNC3)c2)n1.Cl. The normalized spacial score (nSPS) is 15.4. The first-order valence-electron chi connectivity index (χ1n) is 7.70. The molecule has 0 spiro atoms. The van der Waals surface area contributed by atoms with E-state index in [0.717, 1.165) is 35.9 Å². The first-order chi connectivity index (χ1) is 10.5. The Morgan fingerprint density at radius 1 is 1.35 bits per heavy atom. The van der Waals surface area contributed by atoms with Gasteiger partial charge in [-0.3, -0.25) is 4.79 Å². The Kier molecular flexibility index (Phi) is 5.44. The molecule has 0 radical (unpaired) electrons. The van der Waals surface area contributed by atoms with Gasteiger partial charge in [0.1, 0.15) is 0 Å². The summed E-state index contributed by atoms with van der Waals surface area (Å²) in [6, 6.07) is 9.85. The molecule has 2 N–H and O–H groups in total. The van der Waals surface area contributed by atoms with E-state index in [1.165, 1.54) is 0 Å². The topological polar surface area (TPSA) is 59.0 Å². The number of halogens is 1. The van der Waals surface area contributed by atoms with Crippen molar-refractivity contribution in [3.63, 3.8) is 0 Å². The summed E-state index contributed by atoms with van der Waals surface area (Å²) in [5.41, 5.74) is 3.84. The molecule has 1 saturated heterocycles. The van der Waals surface area contributed by atoms with Crippen molar-refractivity contribution in [3.05, 3.63) is 41.7 Å². The van der Waals surface area contributed by atoms with Crippen LogP contribution in [0.25, 0.3) is 5.69 Å². The van der Waals surface area contributed by atoms with Gasteiger partial charge in [-0.25, -0.2) is 4.68 Å². The van der Waals surface area contributed by atoms with E-state index in [2.05, 4.69) is 15.7 Å². The average molecular weight is 335 g/mol. The summed E-state index contributed by atoms with van der Waals surface area (Å²) >= 11 is 0. The third-order valence-corrected chi connectivity index (χ3v) is 4.30. The third-order valence-electron chi connectivity index (χ3n) is 4.30. The number of benzene rings is 1. The summed E-state index contributed by atoms with van der Waals surface area (Å²) in [6.45, 7) is 7.85. The number of hydrogen-bond acceptors (Lipinski definition) is 3. The molecule has 1 atom stereocenters. The fourth-order valence-electron chi connectivity index (χ4n) is 2.74. The molecular formula is C17H23ClN4O.